The molecule has 6 heteroatoms. The average Bonchev–Trinajstić information content (AvgIpc) is 2.35. The van der Waals surface area contributed by atoms with Gasteiger partial charge in [-0.2, -0.15) is 0 Å². The summed E-state index contributed by atoms with van der Waals surface area (Å²) in [4.78, 5) is 17.3. The highest BCUT2D eigenvalue weighted by molar-refractivity contribution is 5.78. The molecule has 1 aromatic rings. The topological polar surface area (TPSA) is 77.7 Å². The molecule has 1 heterocycles. The number of esters is 1. The summed E-state index contributed by atoms with van der Waals surface area (Å²) < 4.78 is 9.96. The highest BCUT2D eigenvalue weighted by Crippen LogP contribution is 2.20. The standard InChI is InChI=1S/C12H19N3O3/c1-3-18-12(16)9-15(6-7-17-2)11-4-5-14-8-10(11)13/h4-5,8H,3,6-7,9,13H2,1-2H3. The van der Waals surface area contributed by atoms with Gasteiger partial charge in [0.05, 0.1) is 30.8 Å². The highest BCUT2D eigenvalue weighted by Gasteiger charge is 2.14. The van der Waals surface area contributed by atoms with Gasteiger partial charge >= 0.3 is 5.97 Å². The molecule has 18 heavy (non-hydrogen) atoms. The molecule has 0 aliphatic rings. The van der Waals surface area contributed by atoms with Crippen molar-refractivity contribution in [3.63, 3.8) is 0 Å². The number of nitrogens with zero attached hydrogens (tertiary/aromatic N) is 2. The van der Waals surface area contributed by atoms with Gasteiger partial charge in [-0.15, -0.1) is 0 Å². The third-order valence-electron chi connectivity index (χ3n) is 2.36. The van der Waals surface area contributed by atoms with Crippen molar-refractivity contribution in [1.82, 2.24) is 4.98 Å². The number of methoxy groups -OCH3 is 1. The van der Waals surface area contributed by atoms with E-state index in [0.29, 0.717) is 25.4 Å². The molecule has 1 aromatic heterocycles. The van der Waals surface area contributed by atoms with Crippen LogP contribution in [0.4, 0.5) is 11.4 Å². The molecule has 0 aliphatic heterocycles. The predicted octanol–water partition coefficient (Wildman–Crippen LogP) is 0.680. The van der Waals surface area contributed by atoms with Gasteiger partial charge < -0.3 is 20.1 Å². The number of nitrogens with two attached hydrogens (primary N) is 1. The number of rotatable bonds is 7. The second-order valence-corrected chi connectivity index (χ2v) is 3.65. The molecular formula is C12H19N3O3. The van der Waals surface area contributed by atoms with E-state index < -0.39 is 0 Å². The molecule has 0 unspecified atom stereocenters. The van der Waals surface area contributed by atoms with Crippen LogP contribution in [0, 0.1) is 0 Å². The number of hydrogen-bond donors (Lipinski definition) is 1. The normalized spacial score (nSPS) is 10.1. The van der Waals surface area contributed by atoms with E-state index in [1.165, 1.54) is 0 Å². The fourth-order valence-electron chi connectivity index (χ4n) is 1.54. The van der Waals surface area contributed by atoms with Crippen LogP contribution in [0.1, 0.15) is 6.92 Å². The van der Waals surface area contributed by atoms with Crippen molar-refractivity contribution < 1.29 is 14.3 Å². The lowest BCUT2D eigenvalue weighted by Gasteiger charge is -2.24. The summed E-state index contributed by atoms with van der Waals surface area (Å²) >= 11 is 0. The summed E-state index contributed by atoms with van der Waals surface area (Å²) in [5.74, 6) is -0.287. The maximum Gasteiger partial charge on any atom is 0.325 e. The Morgan fingerprint density at radius 1 is 1.56 bits per heavy atom. The lowest BCUT2D eigenvalue weighted by atomic mass is 10.3. The van der Waals surface area contributed by atoms with E-state index in [4.69, 9.17) is 15.2 Å². The van der Waals surface area contributed by atoms with E-state index in [0.717, 1.165) is 5.69 Å². The Morgan fingerprint density at radius 2 is 2.33 bits per heavy atom. The van der Waals surface area contributed by atoms with Gasteiger partial charge in [0.25, 0.3) is 0 Å². The van der Waals surface area contributed by atoms with Gasteiger partial charge in [0.1, 0.15) is 6.54 Å². The van der Waals surface area contributed by atoms with Crippen molar-refractivity contribution in [3.05, 3.63) is 18.5 Å². The minimum absolute atomic E-state index is 0.144. The quantitative estimate of drug-likeness (QED) is 0.720. The molecule has 0 spiro atoms. The lowest BCUT2D eigenvalue weighted by molar-refractivity contribution is -0.141. The molecule has 1 rings (SSSR count). The summed E-state index contributed by atoms with van der Waals surface area (Å²) in [5, 5.41) is 0. The third-order valence-corrected chi connectivity index (χ3v) is 2.36. The van der Waals surface area contributed by atoms with Gasteiger partial charge in [-0.3, -0.25) is 9.78 Å². The fraction of sp³-hybridized carbons (Fsp3) is 0.500. The second-order valence-electron chi connectivity index (χ2n) is 3.65. The van der Waals surface area contributed by atoms with Crippen LogP contribution >= 0.6 is 0 Å². The van der Waals surface area contributed by atoms with E-state index in [2.05, 4.69) is 4.98 Å². The number of aromatic nitrogens is 1. The third kappa shape index (κ3) is 4.21. The van der Waals surface area contributed by atoms with E-state index >= 15 is 0 Å². The van der Waals surface area contributed by atoms with Gasteiger partial charge in [-0.05, 0) is 13.0 Å². The summed E-state index contributed by atoms with van der Waals surface area (Å²) in [6.45, 7) is 3.34. The minimum Gasteiger partial charge on any atom is -0.465 e. The Labute approximate surface area is 107 Å². The van der Waals surface area contributed by atoms with E-state index in [1.807, 2.05) is 4.90 Å². The van der Waals surface area contributed by atoms with Gasteiger partial charge in [-0.25, -0.2) is 0 Å². The first-order valence-electron chi connectivity index (χ1n) is 5.78. The van der Waals surface area contributed by atoms with E-state index in [1.54, 1.807) is 32.5 Å². The zero-order valence-corrected chi connectivity index (χ0v) is 10.8. The molecule has 0 radical (unpaired) electrons. The van der Waals surface area contributed by atoms with Crippen molar-refractivity contribution in [2.75, 3.05) is 44.0 Å². The molecule has 0 amide bonds. The molecule has 0 fully saturated rings. The molecule has 0 saturated heterocycles. The average molecular weight is 253 g/mol. The number of pyridine rings is 1. The van der Waals surface area contributed by atoms with Crippen molar-refractivity contribution in [2.24, 2.45) is 0 Å². The van der Waals surface area contributed by atoms with Crippen LogP contribution < -0.4 is 10.6 Å². The zero-order chi connectivity index (χ0) is 13.4. The van der Waals surface area contributed by atoms with Crippen LogP contribution in [0.15, 0.2) is 18.5 Å². The summed E-state index contributed by atoms with van der Waals surface area (Å²) in [5.41, 5.74) is 7.13. The zero-order valence-electron chi connectivity index (χ0n) is 10.8. The van der Waals surface area contributed by atoms with E-state index in [-0.39, 0.29) is 12.5 Å². The van der Waals surface area contributed by atoms with Crippen molar-refractivity contribution in [3.8, 4) is 0 Å². The van der Waals surface area contributed by atoms with Gasteiger partial charge in [0, 0.05) is 19.9 Å². The molecule has 100 valence electrons. The number of carbonyl (C=O) groups excluding carboxylic acids is 1. The Kier molecular flexibility index (Phi) is 5.93. The lowest BCUT2D eigenvalue weighted by Crippen LogP contribution is -2.34. The van der Waals surface area contributed by atoms with E-state index in [9.17, 15) is 4.79 Å². The number of anilines is 2. The van der Waals surface area contributed by atoms with Crippen LogP contribution in [0.2, 0.25) is 0 Å². The number of hydrogen-bond acceptors (Lipinski definition) is 6. The monoisotopic (exact) mass is 253 g/mol. The highest BCUT2D eigenvalue weighted by atomic mass is 16.5. The molecule has 0 bridgehead atoms. The summed E-state index contributed by atoms with van der Waals surface area (Å²) in [6, 6.07) is 1.77. The molecule has 0 aromatic carbocycles. The largest absolute Gasteiger partial charge is 0.465 e. The molecule has 2 N–H and O–H groups in total. The van der Waals surface area contributed by atoms with Crippen molar-refractivity contribution in [1.29, 1.82) is 0 Å². The van der Waals surface area contributed by atoms with Crippen LogP contribution in [0.25, 0.3) is 0 Å². The molecule has 0 saturated carbocycles. The van der Waals surface area contributed by atoms with Gasteiger partial charge in [0.2, 0.25) is 0 Å². The Bertz CT molecular complexity index is 385. The minimum atomic E-state index is -0.287. The smallest absolute Gasteiger partial charge is 0.325 e. The molecule has 6 nitrogen and oxygen atoms in total. The maximum absolute atomic E-state index is 11.5. The first-order valence-corrected chi connectivity index (χ1v) is 5.78. The van der Waals surface area contributed by atoms with Crippen LogP contribution in [-0.4, -0.2) is 44.4 Å². The first-order chi connectivity index (χ1) is 8.69. The van der Waals surface area contributed by atoms with Crippen LogP contribution in [0.3, 0.4) is 0 Å². The molecular weight excluding hydrogens is 234 g/mol. The predicted molar refractivity (Wildman–Crippen MR) is 69.4 cm³/mol. The van der Waals surface area contributed by atoms with Gasteiger partial charge in [0.15, 0.2) is 0 Å². The molecule has 0 aliphatic carbocycles. The Morgan fingerprint density at radius 3 is 2.94 bits per heavy atom. The van der Waals surface area contributed by atoms with Gasteiger partial charge in [-0.1, -0.05) is 0 Å². The Balaban J connectivity index is 2.77. The Hall–Kier alpha value is -1.82. The SMILES string of the molecule is CCOC(=O)CN(CCOC)c1ccncc1N. The maximum atomic E-state index is 11.5. The van der Waals surface area contributed by atoms with Crippen LogP contribution in [0.5, 0.6) is 0 Å². The van der Waals surface area contributed by atoms with Crippen LogP contribution in [-0.2, 0) is 14.3 Å². The van der Waals surface area contributed by atoms with Crippen molar-refractivity contribution >= 4 is 17.3 Å². The number of carbonyl (C=O) groups is 1. The first kappa shape index (κ1) is 14.2. The number of nitrogen functional groups attached to an aromatic ring is 1. The molecule has 0 atom stereocenters. The second kappa shape index (κ2) is 7.50. The summed E-state index contributed by atoms with van der Waals surface area (Å²) in [7, 11) is 1.61. The fourth-order valence-corrected chi connectivity index (χ4v) is 1.54. The number of ether oxygens (including phenoxy) is 2. The summed E-state index contributed by atoms with van der Waals surface area (Å²) in [6.07, 6.45) is 3.19. The van der Waals surface area contributed by atoms with Crippen molar-refractivity contribution in [2.45, 2.75) is 6.92 Å².